The smallest absolute Gasteiger partial charge is 0.274 e. The lowest BCUT2D eigenvalue weighted by atomic mass is 9.86. The molecule has 0 aliphatic rings. The summed E-state index contributed by atoms with van der Waals surface area (Å²) in [6.07, 6.45) is 1.17. The molecular formula is C14H21N3O3. The van der Waals surface area contributed by atoms with Gasteiger partial charge in [-0.2, -0.15) is 0 Å². The average molecular weight is 279 g/mol. The second kappa shape index (κ2) is 6.47. The van der Waals surface area contributed by atoms with Gasteiger partial charge < -0.3 is 11.1 Å². The molecule has 0 saturated heterocycles. The van der Waals surface area contributed by atoms with Crippen LogP contribution in [-0.4, -0.2) is 17.4 Å². The van der Waals surface area contributed by atoms with Gasteiger partial charge in [-0.15, -0.1) is 0 Å². The maximum Gasteiger partial charge on any atom is 0.274 e. The maximum atomic E-state index is 12.2. The van der Waals surface area contributed by atoms with Crippen molar-refractivity contribution in [1.82, 2.24) is 0 Å². The van der Waals surface area contributed by atoms with Crippen LogP contribution >= 0.6 is 0 Å². The number of hydrogen-bond acceptors (Lipinski definition) is 4. The van der Waals surface area contributed by atoms with Gasteiger partial charge in [-0.1, -0.05) is 19.9 Å². The van der Waals surface area contributed by atoms with E-state index in [0.29, 0.717) is 24.1 Å². The van der Waals surface area contributed by atoms with Crippen molar-refractivity contribution in [3.63, 3.8) is 0 Å². The number of hydrogen-bond donors (Lipinski definition) is 2. The minimum Gasteiger partial charge on any atom is -0.329 e. The molecule has 0 fully saturated rings. The van der Waals surface area contributed by atoms with Crippen LogP contribution in [0.25, 0.3) is 0 Å². The molecule has 0 saturated carbocycles. The predicted molar refractivity (Wildman–Crippen MR) is 78.6 cm³/mol. The van der Waals surface area contributed by atoms with Crippen molar-refractivity contribution >= 4 is 17.3 Å². The number of nitrogens with zero attached hydrogens (tertiary/aromatic N) is 1. The summed E-state index contributed by atoms with van der Waals surface area (Å²) in [4.78, 5) is 22.7. The zero-order chi connectivity index (χ0) is 15.3. The first kappa shape index (κ1) is 16.1. The van der Waals surface area contributed by atoms with Gasteiger partial charge in [-0.25, -0.2) is 0 Å². The fraction of sp³-hybridized carbons (Fsp3) is 0.500. The van der Waals surface area contributed by atoms with E-state index in [1.54, 1.807) is 19.1 Å². The van der Waals surface area contributed by atoms with Crippen molar-refractivity contribution in [2.45, 2.75) is 33.6 Å². The normalized spacial score (nSPS) is 13.6. The third kappa shape index (κ3) is 3.33. The van der Waals surface area contributed by atoms with Crippen LogP contribution in [-0.2, 0) is 11.2 Å². The molecule has 1 aromatic carbocycles. The molecule has 110 valence electrons. The van der Waals surface area contributed by atoms with E-state index in [9.17, 15) is 14.9 Å². The first-order valence-electron chi connectivity index (χ1n) is 6.66. The van der Waals surface area contributed by atoms with Gasteiger partial charge in [0.15, 0.2) is 0 Å². The lowest BCUT2D eigenvalue weighted by molar-refractivity contribution is -0.385. The minimum atomic E-state index is -0.668. The SMILES string of the molecule is CCc1ccc(NC(=O)C(C)(CC)CN)cc1[N+](=O)[O-]. The van der Waals surface area contributed by atoms with Gasteiger partial charge in [0.25, 0.3) is 5.69 Å². The van der Waals surface area contributed by atoms with E-state index >= 15 is 0 Å². The van der Waals surface area contributed by atoms with Crippen LogP contribution in [0, 0.1) is 15.5 Å². The van der Waals surface area contributed by atoms with Crippen molar-refractivity contribution in [2.24, 2.45) is 11.1 Å². The Balaban J connectivity index is 3.02. The predicted octanol–water partition coefficient (Wildman–Crippen LogP) is 2.47. The number of nitro groups is 1. The number of benzene rings is 1. The Labute approximate surface area is 118 Å². The topological polar surface area (TPSA) is 98.3 Å². The molecule has 1 atom stereocenters. The second-order valence-corrected chi connectivity index (χ2v) is 5.03. The Kier molecular flexibility index (Phi) is 5.21. The van der Waals surface area contributed by atoms with Crippen LogP contribution in [0.3, 0.4) is 0 Å². The molecule has 0 spiro atoms. The summed E-state index contributed by atoms with van der Waals surface area (Å²) in [6.45, 7) is 5.74. The summed E-state index contributed by atoms with van der Waals surface area (Å²) < 4.78 is 0. The lowest BCUT2D eigenvalue weighted by Crippen LogP contribution is -2.39. The van der Waals surface area contributed by atoms with E-state index in [4.69, 9.17) is 5.73 Å². The third-order valence-corrected chi connectivity index (χ3v) is 3.70. The van der Waals surface area contributed by atoms with Crippen LogP contribution in [0.15, 0.2) is 18.2 Å². The highest BCUT2D eigenvalue weighted by molar-refractivity contribution is 5.95. The number of aryl methyl sites for hydroxylation is 1. The Bertz CT molecular complexity index is 510. The highest BCUT2D eigenvalue weighted by Gasteiger charge is 2.30. The molecular weight excluding hydrogens is 258 g/mol. The molecule has 0 radical (unpaired) electrons. The fourth-order valence-electron chi connectivity index (χ4n) is 1.79. The summed E-state index contributed by atoms with van der Waals surface area (Å²) in [5.74, 6) is -0.221. The lowest BCUT2D eigenvalue weighted by Gasteiger charge is -2.24. The van der Waals surface area contributed by atoms with Gasteiger partial charge in [0.2, 0.25) is 5.91 Å². The maximum absolute atomic E-state index is 12.2. The van der Waals surface area contributed by atoms with Crippen LogP contribution in [0.5, 0.6) is 0 Å². The van der Waals surface area contributed by atoms with Gasteiger partial charge >= 0.3 is 0 Å². The van der Waals surface area contributed by atoms with Crippen molar-refractivity contribution in [1.29, 1.82) is 0 Å². The molecule has 6 heteroatoms. The number of nitrogens with one attached hydrogen (secondary N) is 1. The van der Waals surface area contributed by atoms with Crippen LogP contribution in [0.4, 0.5) is 11.4 Å². The number of amides is 1. The second-order valence-electron chi connectivity index (χ2n) is 5.03. The highest BCUT2D eigenvalue weighted by atomic mass is 16.6. The molecule has 0 heterocycles. The first-order chi connectivity index (χ1) is 9.37. The van der Waals surface area contributed by atoms with Crippen molar-refractivity contribution in [2.75, 3.05) is 11.9 Å². The van der Waals surface area contributed by atoms with E-state index < -0.39 is 10.3 Å². The number of carbonyl (C=O) groups excluding carboxylic acids is 1. The van der Waals surface area contributed by atoms with Gasteiger partial charge in [-0.3, -0.25) is 14.9 Å². The molecule has 0 bridgehead atoms. The highest BCUT2D eigenvalue weighted by Crippen LogP contribution is 2.26. The van der Waals surface area contributed by atoms with E-state index in [-0.39, 0.29) is 18.1 Å². The molecule has 1 amide bonds. The van der Waals surface area contributed by atoms with E-state index in [2.05, 4.69) is 5.32 Å². The van der Waals surface area contributed by atoms with Gasteiger partial charge in [-0.05, 0) is 25.8 Å². The summed E-state index contributed by atoms with van der Waals surface area (Å²) in [7, 11) is 0. The number of carbonyl (C=O) groups is 1. The summed E-state index contributed by atoms with van der Waals surface area (Å²) >= 11 is 0. The summed E-state index contributed by atoms with van der Waals surface area (Å²) in [6, 6.07) is 4.74. The average Bonchev–Trinajstić information content (AvgIpc) is 2.46. The van der Waals surface area contributed by atoms with Crippen molar-refractivity contribution in [3.05, 3.63) is 33.9 Å². The number of nitrogens with two attached hydrogens (primary N) is 1. The Hall–Kier alpha value is -1.95. The van der Waals surface area contributed by atoms with Gasteiger partial charge in [0, 0.05) is 23.9 Å². The van der Waals surface area contributed by atoms with E-state index in [0.717, 1.165) is 0 Å². The molecule has 20 heavy (non-hydrogen) atoms. The van der Waals surface area contributed by atoms with Crippen LogP contribution in [0.1, 0.15) is 32.8 Å². The van der Waals surface area contributed by atoms with E-state index in [1.807, 2.05) is 13.8 Å². The van der Waals surface area contributed by atoms with Gasteiger partial charge in [0.1, 0.15) is 0 Å². The standard InChI is InChI=1S/C14H21N3O3/c1-4-10-6-7-11(8-12(10)17(19)20)16-13(18)14(3,5-2)9-15/h6-8H,4-5,9,15H2,1-3H3,(H,16,18). The van der Waals surface area contributed by atoms with Crippen molar-refractivity contribution < 1.29 is 9.72 Å². The molecule has 6 nitrogen and oxygen atoms in total. The molecule has 0 aliphatic carbocycles. The Morgan fingerprint density at radius 2 is 2.10 bits per heavy atom. The monoisotopic (exact) mass is 279 g/mol. The van der Waals surface area contributed by atoms with Crippen molar-refractivity contribution in [3.8, 4) is 0 Å². The zero-order valence-corrected chi connectivity index (χ0v) is 12.1. The zero-order valence-electron chi connectivity index (χ0n) is 12.1. The number of nitro benzene ring substituents is 1. The fourth-order valence-corrected chi connectivity index (χ4v) is 1.79. The molecule has 1 aromatic rings. The third-order valence-electron chi connectivity index (χ3n) is 3.70. The number of rotatable bonds is 6. The summed E-state index contributed by atoms with van der Waals surface area (Å²) in [5.41, 5.74) is 6.05. The van der Waals surface area contributed by atoms with Crippen LogP contribution < -0.4 is 11.1 Å². The molecule has 1 unspecified atom stereocenters. The van der Waals surface area contributed by atoms with Crippen LogP contribution in [0.2, 0.25) is 0 Å². The first-order valence-corrected chi connectivity index (χ1v) is 6.66. The molecule has 0 aliphatic heterocycles. The molecule has 0 aromatic heterocycles. The Morgan fingerprint density at radius 1 is 1.45 bits per heavy atom. The quantitative estimate of drug-likeness (QED) is 0.617. The largest absolute Gasteiger partial charge is 0.329 e. The van der Waals surface area contributed by atoms with Gasteiger partial charge in [0.05, 0.1) is 10.3 Å². The molecule has 3 N–H and O–H groups in total. The molecule has 1 rings (SSSR count). The minimum absolute atomic E-state index is 0.0243. The van der Waals surface area contributed by atoms with E-state index in [1.165, 1.54) is 6.07 Å². The Morgan fingerprint density at radius 3 is 2.55 bits per heavy atom. The summed E-state index contributed by atoms with van der Waals surface area (Å²) in [5, 5.41) is 13.7. The number of anilines is 1.